The van der Waals surface area contributed by atoms with Crippen molar-refractivity contribution in [2.75, 3.05) is 26.3 Å². The highest BCUT2D eigenvalue weighted by molar-refractivity contribution is 7.80. The molecule has 1 aliphatic rings. The van der Waals surface area contributed by atoms with Crippen molar-refractivity contribution in [3.8, 4) is 23.8 Å². The van der Waals surface area contributed by atoms with E-state index in [1.165, 1.54) is 12.8 Å². The number of hydrogen-bond donors (Lipinski definition) is 0. The Morgan fingerprint density at radius 3 is 2.70 bits per heavy atom. The molecular weight excluding hydrogens is 270 g/mol. The molecule has 0 atom stereocenters. The fourth-order valence-corrected chi connectivity index (χ4v) is 2.56. The summed E-state index contributed by atoms with van der Waals surface area (Å²) >= 11 is 5.55. The van der Waals surface area contributed by atoms with Gasteiger partial charge in [0, 0.05) is 18.7 Å². The highest BCUT2D eigenvalue weighted by atomic mass is 32.1. The Balaban J connectivity index is 2.20. The molecule has 0 bridgehead atoms. The molecule has 0 unspecified atom stereocenters. The van der Waals surface area contributed by atoms with Crippen molar-refractivity contribution in [1.29, 1.82) is 0 Å². The predicted molar refractivity (Wildman–Crippen MR) is 84.4 cm³/mol. The normalized spacial score (nSPS) is 13.9. The van der Waals surface area contributed by atoms with E-state index >= 15 is 0 Å². The topological polar surface area (TPSA) is 21.7 Å². The lowest BCUT2D eigenvalue weighted by atomic mass is 10.2. The molecule has 1 saturated heterocycles. The lowest BCUT2D eigenvalue weighted by Crippen LogP contribution is -2.26. The van der Waals surface area contributed by atoms with E-state index in [0.717, 1.165) is 23.6 Å². The van der Waals surface area contributed by atoms with Crippen LogP contribution in [-0.4, -0.2) is 36.2 Å². The molecule has 20 heavy (non-hydrogen) atoms. The van der Waals surface area contributed by atoms with E-state index in [2.05, 4.69) is 10.8 Å². The zero-order valence-corrected chi connectivity index (χ0v) is 12.5. The van der Waals surface area contributed by atoms with Crippen molar-refractivity contribution in [3.63, 3.8) is 0 Å². The molecule has 0 radical (unpaired) electrons. The van der Waals surface area contributed by atoms with E-state index in [4.69, 9.17) is 28.1 Å². The molecule has 3 nitrogen and oxygen atoms in total. The minimum absolute atomic E-state index is 0.232. The van der Waals surface area contributed by atoms with Crippen molar-refractivity contribution in [2.45, 2.75) is 19.8 Å². The molecular formula is C16H19NO2S. The van der Waals surface area contributed by atoms with Crippen LogP contribution in [-0.2, 0) is 0 Å². The van der Waals surface area contributed by atoms with Gasteiger partial charge in [0.25, 0.3) is 0 Å². The van der Waals surface area contributed by atoms with Gasteiger partial charge in [0.2, 0.25) is 0 Å². The first-order valence-corrected chi connectivity index (χ1v) is 7.29. The van der Waals surface area contributed by atoms with Crippen molar-refractivity contribution >= 4 is 17.2 Å². The monoisotopic (exact) mass is 289 g/mol. The first-order chi connectivity index (χ1) is 9.76. The van der Waals surface area contributed by atoms with E-state index in [9.17, 15) is 0 Å². The maximum absolute atomic E-state index is 5.62. The number of ether oxygens (including phenoxy) is 2. The van der Waals surface area contributed by atoms with Gasteiger partial charge in [-0.15, -0.1) is 6.42 Å². The molecule has 1 aliphatic heterocycles. The van der Waals surface area contributed by atoms with Gasteiger partial charge in [-0.3, -0.25) is 0 Å². The number of likely N-dealkylation sites (tertiary alicyclic amines) is 1. The van der Waals surface area contributed by atoms with Crippen LogP contribution in [0.25, 0.3) is 0 Å². The summed E-state index contributed by atoms with van der Waals surface area (Å²) in [5, 5.41) is 0. The average Bonchev–Trinajstić information content (AvgIpc) is 2.99. The number of nitrogens with zero attached hydrogens (tertiary/aromatic N) is 1. The third-order valence-corrected chi connectivity index (χ3v) is 3.69. The molecule has 1 heterocycles. The van der Waals surface area contributed by atoms with Crippen molar-refractivity contribution in [1.82, 2.24) is 4.90 Å². The fraction of sp³-hybridized carbons (Fsp3) is 0.438. The summed E-state index contributed by atoms with van der Waals surface area (Å²) < 4.78 is 11.1. The molecule has 0 amide bonds. The van der Waals surface area contributed by atoms with Gasteiger partial charge in [-0.05, 0) is 38.0 Å². The molecule has 0 spiro atoms. The van der Waals surface area contributed by atoms with E-state index < -0.39 is 0 Å². The zero-order chi connectivity index (χ0) is 14.4. The largest absolute Gasteiger partial charge is 0.490 e. The second-order valence-electron chi connectivity index (χ2n) is 4.59. The molecule has 0 saturated carbocycles. The van der Waals surface area contributed by atoms with Crippen LogP contribution in [0.5, 0.6) is 11.5 Å². The van der Waals surface area contributed by atoms with Gasteiger partial charge in [-0.2, -0.15) is 0 Å². The van der Waals surface area contributed by atoms with Gasteiger partial charge in [-0.25, -0.2) is 0 Å². The number of hydrogen-bond acceptors (Lipinski definition) is 3. The van der Waals surface area contributed by atoms with Gasteiger partial charge >= 0.3 is 0 Å². The Hall–Kier alpha value is -1.73. The summed E-state index contributed by atoms with van der Waals surface area (Å²) in [5.74, 6) is 3.82. The number of benzene rings is 1. The third kappa shape index (κ3) is 3.43. The SMILES string of the molecule is C#CCOc1ccc(C(=S)N2CCCC2)cc1OCC. The van der Waals surface area contributed by atoms with Crippen molar-refractivity contribution < 1.29 is 9.47 Å². The Morgan fingerprint density at radius 2 is 2.05 bits per heavy atom. The average molecular weight is 289 g/mol. The molecule has 1 aromatic carbocycles. The van der Waals surface area contributed by atoms with E-state index in [1.807, 2.05) is 25.1 Å². The van der Waals surface area contributed by atoms with Gasteiger partial charge in [0.05, 0.1) is 6.61 Å². The van der Waals surface area contributed by atoms with Crippen molar-refractivity contribution in [2.24, 2.45) is 0 Å². The Kier molecular flexibility index (Phi) is 5.25. The van der Waals surface area contributed by atoms with E-state index in [0.29, 0.717) is 18.1 Å². The van der Waals surface area contributed by atoms with Crippen LogP contribution in [0.4, 0.5) is 0 Å². The van der Waals surface area contributed by atoms with Gasteiger partial charge in [0.15, 0.2) is 11.5 Å². The molecule has 4 heteroatoms. The summed E-state index contributed by atoms with van der Waals surface area (Å²) in [4.78, 5) is 3.12. The van der Waals surface area contributed by atoms with Crippen LogP contribution in [0.1, 0.15) is 25.3 Å². The second kappa shape index (κ2) is 7.16. The first-order valence-electron chi connectivity index (χ1n) is 6.88. The quantitative estimate of drug-likeness (QED) is 0.614. The zero-order valence-electron chi connectivity index (χ0n) is 11.7. The summed E-state index contributed by atoms with van der Waals surface area (Å²) in [7, 11) is 0. The maximum atomic E-state index is 5.62. The molecule has 106 valence electrons. The van der Waals surface area contributed by atoms with Gasteiger partial charge in [0.1, 0.15) is 11.6 Å². The van der Waals surface area contributed by atoms with Crippen LogP contribution in [0, 0.1) is 12.3 Å². The highest BCUT2D eigenvalue weighted by Gasteiger charge is 2.17. The van der Waals surface area contributed by atoms with E-state index in [1.54, 1.807) is 0 Å². The first kappa shape index (κ1) is 14.7. The Morgan fingerprint density at radius 1 is 1.30 bits per heavy atom. The molecule has 2 rings (SSSR count). The third-order valence-electron chi connectivity index (χ3n) is 3.19. The lowest BCUT2D eigenvalue weighted by Gasteiger charge is -2.20. The van der Waals surface area contributed by atoms with Crippen molar-refractivity contribution in [3.05, 3.63) is 23.8 Å². The van der Waals surface area contributed by atoms with Crippen LogP contribution in [0.3, 0.4) is 0 Å². The minimum Gasteiger partial charge on any atom is -0.490 e. The number of rotatable bonds is 5. The van der Waals surface area contributed by atoms with E-state index in [-0.39, 0.29) is 6.61 Å². The maximum Gasteiger partial charge on any atom is 0.162 e. The summed E-state index contributed by atoms with van der Waals surface area (Å²) in [6.07, 6.45) is 7.64. The van der Waals surface area contributed by atoms with Crippen LogP contribution in [0.15, 0.2) is 18.2 Å². The minimum atomic E-state index is 0.232. The van der Waals surface area contributed by atoms with Gasteiger partial charge < -0.3 is 14.4 Å². The summed E-state index contributed by atoms with van der Waals surface area (Å²) in [6.45, 7) is 4.83. The molecule has 0 N–H and O–H groups in total. The number of terminal acetylenes is 1. The number of thiocarbonyl (C=S) groups is 1. The second-order valence-corrected chi connectivity index (χ2v) is 4.97. The molecule has 1 fully saturated rings. The van der Waals surface area contributed by atoms with Crippen LogP contribution in [0.2, 0.25) is 0 Å². The smallest absolute Gasteiger partial charge is 0.162 e. The summed E-state index contributed by atoms with van der Waals surface area (Å²) in [5.41, 5.74) is 0.999. The van der Waals surface area contributed by atoms with Gasteiger partial charge in [-0.1, -0.05) is 18.1 Å². The fourth-order valence-electron chi connectivity index (χ4n) is 2.25. The molecule has 1 aromatic rings. The van der Waals surface area contributed by atoms with Crippen LogP contribution < -0.4 is 9.47 Å². The lowest BCUT2D eigenvalue weighted by molar-refractivity contribution is 0.299. The molecule has 0 aliphatic carbocycles. The predicted octanol–water partition coefficient (Wildman–Crippen LogP) is 2.87. The molecule has 0 aromatic heterocycles. The Labute approximate surface area is 125 Å². The summed E-state index contributed by atoms with van der Waals surface area (Å²) in [6, 6.07) is 5.78. The highest BCUT2D eigenvalue weighted by Crippen LogP contribution is 2.29. The standard InChI is InChI=1S/C16H19NO2S/c1-3-11-19-14-8-7-13(12-15(14)18-4-2)16(20)17-9-5-6-10-17/h1,7-8,12H,4-6,9-11H2,2H3. The van der Waals surface area contributed by atoms with Crippen LogP contribution >= 0.6 is 12.2 Å². The Bertz CT molecular complexity index is 516.